The Morgan fingerprint density at radius 3 is 3.00 bits per heavy atom. The number of pyridine rings is 1. The van der Waals surface area contributed by atoms with Crippen molar-refractivity contribution in [2.75, 3.05) is 0 Å². The summed E-state index contributed by atoms with van der Waals surface area (Å²) in [6.45, 7) is 0. The summed E-state index contributed by atoms with van der Waals surface area (Å²) in [6, 6.07) is 5.52. The van der Waals surface area contributed by atoms with E-state index in [-0.39, 0.29) is 11.0 Å². The highest BCUT2D eigenvalue weighted by molar-refractivity contribution is 6.28. The lowest BCUT2D eigenvalue weighted by Crippen LogP contribution is -1.92. The van der Waals surface area contributed by atoms with E-state index in [0.29, 0.717) is 5.56 Å². The van der Waals surface area contributed by atoms with Crippen molar-refractivity contribution in [1.29, 1.82) is 0 Å². The predicted molar refractivity (Wildman–Crippen MR) is 61.2 cm³/mol. The van der Waals surface area contributed by atoms with Crippen molar-refractivity contribution < 1.29 is 4.39 Å². The first-order valence-electron chi connectivity index (χ1n) is 4.86. The van der Waals surface area contributed by atoms with Crippen molar-refractivity contribution in [1.82, 2.24) is 19.6 Å². The standard InChI is InChI=1S/C11H6ClFN4/c12-11-14-6-8(13)10(16-11)7-5-15-17-4-2-1-3-9(7)17/h1-6H. The molecule has 84 valence electrons. The molecule has 0 bridgehead atoms. The van der Waals surface area contributed by atoms with Crippen LogP contribution in [0.2, 0.25) is 5.28 Å². The summed E-state index contributed by atoms with van der Waals surface area (Å²) in [6.07, 6.45) is 4.38. The highest BCUT2D eigenvalue weighted by atomic mass is 35.5. The zero-order valence-corrected chi connectivity index (χ0v) is 9.26. The molecule has 0 amide bonds. The lowest BCUT2D eigenvalue weighted by atomic mass is 10.2. The molecule has 0 aliphatic rings. The van der Waals surface area contributed by atoms with Gasteiger partial charge in [0.15, 0.2) is 5.82 Å². The van der Waals surface area contributed by atoms with Gasteiger partial charge in [0.25, 0.3) is 0 Å². The molecule has 0 fully saturated rings. The van der Waals surface area contributed by atoms with Crippen LogP contribution >= 0.6 is 11.6 Å². The SMILES string of the molecule is Fc1cnc(Cl)nc1-c1cnn2ccccc12. The Morgan fingerprint density at radius 1 is 1.24 bits per heavy atom. The van der Waals surface area contributed by atoms with E-state index in [1.54, 1.807) is 16.9 Å². The van der Waals surface area contributed by atoms with E-state index in [0.717, 1.165) is 11.7 Å². The van der Waals surface area contributed by atoms with Crippen molar-refractivity contribution in [2.24, 2.45) is 0 Å². The van der Waals surface area contributed by atoms with Gasteiger partial charge in [0.1, 0.15) is 5.69 Å². The fourth-order valence-electron chi connectivity index (χ4n) is 1.65. The van der Waals surface area contributed by atoms with Crippen molar-refractivity contribution in [3.05, 3.63) is 47.9 Å². The van der Waals surface area contributed by atoms with Crippen LogP contribution in [-0.2, 0) is 0 Å². The molecule has 17 heavy (non-hydrogen) atoms. The minimum Gasteiger partial charge on any atom is -0.240 e. The van der Waals surface area contributed by atoms with Crippen LogP contribution in [-0.4, -0.2) is 19.6 Å². The maximum absolute atomic E-state index is 13.6. The van der Waals surface area contributed by atoms with Gasteiger partial charge >= 0.3 is 0 Å². The van der Waals surface area contributed by atoms with Gasteiger partial charge in [-0.3, -0.25) is 0 Å². The topological polar surface area (TPSA) is 43.1 Å². The summed E-state index contributed by atoms with van der Waals surface area (Å²) in [5.74, 6) is -0.520. The van der Waals surface area contributed by atoms with Gasteiger partial charge in [-0.25, -0.2) is 18.9 Å². The zero-order chi connectivity index (χ0) is 11.8. The summed E-state index contributed by atoms with van der Waals surface area (Å²) < 4.78 is 15.3. The second-order valence-electron chi connectivity index (χ2n) is 3.42. The first-order chi connectivity index (χ1) is 8.25. The van der Waals surface area contributed by atoms with Gasteiger partial charge in [0.05, 0.1) is 17.9 Å². The second kappa shape index (κ2) is 3.78. The molecule has 3 heterocycles. The molecule has 3 aromatic heterocycles. The first-order valence-corrected chi connectivity index (χ1v) is 5.24. The number of hydrogen-bond acceptors (Lipinski definition) is 3. The second-order valence-corrected chi connectivity index (χ2v) is 3.76. The third-order valence-electron chi connectivity index (χ3n) is 2.40. The highest BCUT2D eigenvalue weighted by Crippen LogP contribution is 2.25. The maximum atomic E-state index is 13.6. The summed E-state index contributed by atoms with van der Waals surface area (Å²) in [5, 5.41) is 4.12. The van der Waals surface area contributed by atoms with E-state index >= 15 is 0 Å². The Morgan fingerprint density at radius 2 is 2.12 bits per heavy atom. The Labute approximate surface area is 101 Å². The lowest BCUT2D eigenvalue weighted by Gasteiger charge is -2.00. The van der Waals surface area contributed by atoms with Crippen LogP contribution in [0, 0.1) is 5.82 Å². The van der Waals surface area contributed by atoms with Gasteiger partial charge in [-0.2, -0.15) is 5.10 Å². The lowest BCUT2D eigenvalue weighted by molar-refractivity contribution is 0.618. The maximum Gasteiger partial charge on any atom is 0.223 e. The Kier molecular flexibility index (Phi) is 2.26. The fraction of sp³-hybridized carbons (Fsp3) is 0. The largest absolute Gasteiger partial charge is 0.240 e. The van der Waals surface area contributed by atoms with Crippen molar-refractivity contribution in [3.8, 4) is 11.3 Å². The van der Waals surface area contributed by atoms with E-state index in [9.17, 15) is 4.39 Å². The van der Waals surface area contributed by atoms with Crippen LogP contribution < -0.4 is 0 Å². The molecule has 0 aliphatic heterocycles. The number of nitrogens with zero attached hydrogens (tertiary/aromatic N) is 4. The average Bonchev–Trinajstić information content (AvgIpc) is 2.76. The molecule has 0 saturated carbocycles. The molecule has 0 aromatic carbocycles. The van der Waals surface area contributed by atoms with Gasteiger partial charge in [0.2, 0.25) is 5.28 Å². The molecular formula is C11H6ClFN4. The Hall–Kier alpha value is -2.01. The summed E-state index contributed by atoms with van der Waals surface area (Å²) >= 11 is 5.67. The van der Waals surface area contributed by atoms with E-state index in [1.807, 2.05) is 18.2 Å². The number of fused-ring (bicyclic) bond motifs is 1. The first kappa shape index (κ1) is 10.2. The molecule has 0 spiro atoms. The quantitative estimate of drug-likeness (QED) is 0.622. The van der Waals surface area contributed by atoms with Crippen LogP contribution in [0.5, 0.6) is 0 Å². The van der Waals surface area contributed by atoms with Gasteiger partial charge in [0, 0.05) is 11.8 Å². The van der Waals surface area contributed by atoms with Crippen molar-refractivity contribution in [3.63, 3.8) is 0 Å². The Bertz CT molecular complexity index is 695. The van der Waals surface area contributed by atoms with Gasteiger partial charge in [-0.05, 0) is 23.7 Å². The summed E-state index contributed by atoms with van der Waals surface area (Å²) in [7, 11) is 0. The van der Waals surface area contributed by atoms with Crippen molar-refractivity contribution >= 4 is 17.1 Å². The van der Waals surface area contributed by atoms with Crippen LogP contribution in [0.4, 0.5) is 4.39 Å². The number of aromatic nitrogens is 4. The average molecular weight is 249 g/mol. The highest BCUT2D eigenvalue weighted by Gasteiger charge is 2.13. The summed E-state index contributed by atoms with van der Waals surface area (Å²) in [5.41, 5.74) is 1.51. The molecule has 0 saturated heterocycles. The van der Waals surface area contributed by atoms with Crippen LogP contribution in [0.1, 0.15) is 0 Å². The zero-order valence-electron chi connectivity index (χ0n) is 8.51. The molecule has 3 rings (SSSR count). The normalized spacial score (nSPS) is 10.9. The van der Waals surface area contributed by atoms with Crippen LogP contribution in [0.3, 0.4) is 0 Å². The molecule has 0 atom stereocenters. The van der Waals surface area contributed by atoms with E-state index in [1.165, 1.54) is 0 Å². The molecule has 0 radical (unpaired) electrons. The number of rotatable bonds is 1. The molecular weight excluding hydrogens is 243 g/mol. The number of hydrogen-bond donors (Lipinski definition) is 0. The third kappa shape index (κ3) is 1.64. The Balaban J connectivity index is 2.31. The molecule has 0 unspecified atom stereocenters. The molecule has 3 aromatic rings. The van der Waals surface area contributed by atoms with E-state index < -0.39 is 5.82 Å². The number of halogens is 2. The third-order valence-corrected chi connectivity index (χ3v) is 2.58. The van der Waals surface area contributed by atoms with Crippen LogP contribution in [0.15, 0.2) is 36.8 Å². The van der Waals surface area contributed by atoms with Crippen molar-refractivity contribution in [2.45, 2.75) is 0 Å². The van der Waals surface area contributed by atoms with E-state index in [4.69, 9.17) is 11.6 Å². The minimum absolute atomic E-state index is 0.0108. The molecule has 0 aliphatic carbocycles. The van der Waals surface area contributed by atoms with Gasteiger partial charge in [-0.1, -0.05) is 6.07 Å². The molecule has 4 nitrogen and oxygen atoms in total. The van der Waals surface area contributed by atoms with Crippen LogP contribution in [0.25, 0.3) is 16.8 Å². The summed E-state index contributed by atoms with van der Waals surface area (Å²) in [4.78, 5) is 7.47. The monoisotopic (exact) mass is 248 g/mol. The molecule has 0 N–H and O–H groups in total. The van der Waals surface area contributed by atoms with Gasteiger partial charge in [-0.15, -0.1) is 0 Å². The fourth-order valence-corrected chi connectivity index (χ4v) is 1.78. The molecule has 6 heteroatoms. The minimum atomic E-state index is -0.520. The predicted octanol–water partition coefficient (Wildman–Crippen LogP) is 2.58. The van der Waals surface area contributed by atoms with E-state index in [2.05, 4.69) is 15.1 Å². The van der Waals surface area contributed by atoms with Gasteiger partial charge < -0.3 is 0 Å². The smallest absolute Gasteiger partial charge is 0.223 e.